The highest BCUT2D eigenvalue weighted by atomic mass is 35.5. The lowest BCUT2D eigenvalue weighted by atomic mass is 10.2. The molecule has 5 nitrogen and oxygen atoms in total. The van der Waals surface area contributed by atoms with E-state index in [0.717, 1.165) is 0 Å². The van der Waals surface area contributed by atoms with Gasteiger partial charge in [-0.05, 0) is 6.07 Å². The molecule has 0 saturated heterocycles. The molecule has 0 unspecified atom stereocenters. The van der Waals surface area contributed by atoms with Crippen molar-refractivity contribution in [3.05, 3.63) is 22.8 Å². The van der Waals surface area contributed by atoms with E-state index in [0.29, 0.717) is 24.5 Å². The van der Waals surface area contributed by atoms with Crippen LogP contribution in [-0.2, 0) is 0 Å². The molecule has 0 bridgehead atoms. The summed E-state index contributed by atoms with van der Waals surface area (Å²) in [5.41, 5.74) is 0.326. The molecule has 6 heteroatoms. The number of pyridine rings is 1. The Bertz CT molecular complexity index is 386. The number of nitrogens with zero attached hydrogens (tertiary/aromatic N) is 3. The molecule has 1 aromatic heterocycles. The van der Waals surface area contributed by atoms with Crippen LogP contribution < -0.4 is 4.90 Å². The van der Waals surface area contributed by atoms with Gasteiger partial charge in [0.25, 0.3) is 0 Å². The van der Waals surface area contributed by atoms with Crippen LogP contribution in [0.25, 0.3) is 0 Å². The maximum Gasteiger partial charge on any atom is 0.148 e. The zero-order chi connectivity index (χ0) is 12.0. The molecule has 0 radical (unpaired) electrons. The average molecular weight is 242 g/mol. The molecule has 1 aromatic rings. The van der Waals surface area contributed by atoms with Crippen molar-refractivity contribution in [2.24, 2.45) is 0 Å². The van der Waals surface area contributed by atoms with Crippen LogP contribution in [0.15, 0.2) is 12.3 Å². The van der Waals surface area contributed by atoms with Gasteiger partial charge in [-0.3, -0.25) is 0 Å². The number of aliphatic hydroxyl groups excluding tert-OH is 2. The number of nitriles is 1. The Labute approximate surface area is 98.5 Å². The molecule has 1 rings (SSSR count). The smallest absolute Gasteiger partial charge is 0.148 e. The van der Waals surface area contributed by atoms with Crippen molar-refractivity contribution in [1.29, 1.82) is 5.26 Å². The second-order valence-corrected chi connectivity index (χ2v) is 3.42. The van der Waals surface area contributed by atoms with Gasteiger partial charge in [-0.2, -0.15) is 5.26 Å². The first-order valence-corrected chi connectivity index (χ1v) is 5.13. The summed E-state index contributed by atoms with van der Waals surface area (Å²) in [5, 5.41) is 26.8. The molecular formula is C10H12ClN3O2. The predicted molar refractivity (Wildman–Crippen MR) is 60.3 cm³/mol. The molecule has 86 valence electrons. The van der Waals surface area contributed by atoms with Gasteiger partial charge in [-0.15, -0.1) is 0 Å². The molecule has 0 aliphatic carbocycles. The quantitative estimate of drug-likeness (QED) is 0.780. The first-order chi connectivity index (χ1) is 7.74. The van der Waals surface area contributed by atoms with Crippen molar-refractivity contribution >= 4 is 17.4 Å². The van der Waals surface area contributed by atoms with Crippen molar-refractivity contribution < 1.29 is 10.2 Å². The van der Waals surface area contributed by atoms with E-state index in [1.807, 2.05) is 6.07 Å². The molecule has 1 heterocycles. The minimum Gasteiger partial charge on any atom is -0.395 e. The first kappa shape index (κ1) is 12.7. The minimum absolute atomic E-state index is 0.0746. The highest BCUT2D eigenvalue weighted by Gasteiger charge is 2.13. The zero-order valence-electron chi connectivity index (χ0n) is 8.60. The summed E-state index contributed by atoms with van der Waals surface area (Å²) in [5.74, 6) is 0.406. The molecule has 0 spiro atoms. The maximum absolute atomic E-state index is 8.88. The van der Waals surface area contributed by atoms with Gasteiger partial charge in [0.05, 0.1) is 18.8 Å². The summed E-state index contributed by atoms with van der Waals surface area (Å²) < 4.78 is 0. The van der Waals surface area contributed by atoms with Gasteiger partial charge in [0, 0.05) is 19.3 Å². The number of hydrogen-bond acceptors (Lipinski definition) is 5. The largest absolute Gasteiger partial charge is 0.395 e. The molecular weight excluding hydrogens is 230 g/mol. The summed E-state index contributed by atoms with van der Waals surface area (Å²) in [7, 11) is 0. The van der Waals surface area contributed by atoms with E-state index in [1.54, 1.807) is 4.90 Å². The van der Waals surface area contributed by atoms with Gasteiger partial charge in [0.1, 0.15) is 16.9 Å². The summed E-state index contributed by atoms with van der Waals surface area (Å²) >= 11 is 5.99. The van der Waals surface area contributed by atoms with Gasteiger partial charge in [0.15, 0.2) is 0 Å². The van der Waals surface area contributed by atoms with Crippen molar-refractivity contribution in [1.82, 2.24) is 4.98 Å². The Morgan fingerprint density at radius 3 is 2.50 bits per heavy atom. The van der Waals surface area contributed by atoms with Crippen molar-refractivity contribution in [2.75, 3.05) is 31.2 Å². The van der Waals surface area contributed by atoms with Crippen LogP contribution in [0.2, 0.25) is 5.02 Å². The Kier molecular flexibility index (Phi) is 4.99. The van der Waals surface area contributed by atoms with Crippen molar-refractivity contribution in [3.63, 3.8) is 0 Å². The van der Waals surface area contributed by atoms with Crippen LogP contribution in [0.4, 0.5) is 5.82 Å². The number of hydrogen-bond donors (Lipinski definition) is 2. The fraction of sp³-hybridized carbons (Fsp3) is 0.400. The van der Waals surface area contributed by atoms with Gasteiger partial charge in [0.2, 0.25) is 0 Å². The Morgan fingerprint density at radius 1 is 1.38 bits per heavy atom. The Morgan fingerprint density at radius 2 is 2.00 bits per heavy atom. The SMILES string of the molecule is N#Cc1ccnc(N(CCO)CCO)c1Cl. The van der Waals surface area contributed by atoms with Crippen LogP contribution in [-0.4, -0.2) is 41.5 Å². The van der Waals surface area contributed by atoms with Crippen LogP contribution in [0.3, 0.4) is 0 Å². The van der Waals surface area contributed by atoms with E-state index in [1.165, 1.54) is 12.3 Å². The Hall–Kier alpha value is -1.35. The van der Waals surface area contributed by atoms with Crippen molar-refractivity contribution in [2.45, 2.75) is 0 Å². The third kappa shape index (κ3) is 2.83. The fourth-order valence-corrected chi connectivity index (χ4v) is 1.58. The Balaban J connectivity index is 3.04. The second-order valence-electron chi connectivity index (χ2n) is 3.04. The van der Waals surface area contributed by atoms with E-state index >= 15 is 0 Å². The topological polar surface area (TPSA) is 80.4 Å². The van der Waals surface area contributed by atoms with Crippen LogP contribution in [0.5, 0.6) is 0 Å². The maximum atomic E-state index is 8.88. The second kappa shape index (κ2) is 6.28. The van der Waals surface area contributed by atoms with E-state index in [9.17, 15) is 0 Å². The fourth-order valence-electron chi connectivity index (χ4n) is 1.30. The molecule has 2 N–H and O–H groups in total. The van der Waals surface area contributed by atoms with Crippen LogP contribution in [0, 0.1) is 11.3 Å². The third-order valence-electron chi connectivity index (χ3n) is 2.03. The molecule has 16 heavy (non-hydrogen) atoms. The lowest BCUT2D eigenvalue weighted by molar-refractivity contribution is 0.280. The van der Waals surface area contributed by atoms with E-state index in [-0.39, 0.29) is 18.2 Å². The van der Waals surface area contributed by atoms with Crippen LogP contribution >= 0.6 is 11.6 Å². The summed E-state index contributed by atoms with van der Waals surface area (Å²) in [6.45, 7) is 0.466. The predicted octanol–water partition coefficient (Wildman–Crippen LogP) is 0.398. The highest BCUT2D eigenvalue weighted by molar-refractivity contribution is 6.34. The average Bonchev–Trinajstić information content (AvgIpc) is 2.29. The molecule has 0 aromatic carbocycles. The van der Waals surface area contributed by atoms with Gasteiger partial charge in [-0.1, -0.05) is 11.6 Å². The van der Waals surface area contributed by atoms with E-state index < -0.39 is 0 Å². The first-order valence-electron chi connectivity index (χ1n) is 4.75. The number of anilines is 1. The number of aromatic nitrogens is 1. The zero-order valence-corrected chi connectivity index (χ0v) is 9.35. The summed E-state index contributed by atoms with van der Waals surface area (Å²) in [6.07, 6.45) is 1.47. The number of rotatable bonds is 5. The van der Waals surface area contributed by atoms with Gasteiger partial charge < -0.3 is 15.1 Å². The summed E-state index contributed by atoms with van der Waals surface area (Å²) in [4.78, 5) is 5.67. The standard InChI is InChI=1S/C10H12ClN3O2/c11-9-8(7-12)1-2-13-10(9)14(3-5-15)4-6-16/h1-2,15-16H,3-6H2. The normalized spacial score (nSPS) is 9.88. The number of aliphatic hydroxyl groups is 2. The monoisotopic (exact) mass is 241 g/mol. The van der Waals surface area contributed by atoms with Gasteiger partial charge in [-0.25, -0.2) is 4.98 Å². The molecule has 0 fully saturated rings. The minimum atomic E-state index is -0.0746. The van der Waals surface area contributed by atoms with E-state index in [2.05, 4.69) is 4.98 Å². The molecule has 0 aliphatic rings. The third-order valence-corrected chi connectivity index (χ3v) is 2.40. The molecule has 0 atom stereocenters. The van der Waals surface area contributed by atoms with E-state index in [4.69, 9.17) is 27.1 Å². The summed E-state index contributed by atoms with van der Waals surface area (Å²) in [6, 6.07) is 3.47. The lowest BCUT2D eigenvalue weighted by Crippen LogP contribution is -2.30. The van der Waals surface area contributed by atoms with Crippen molar-refractivity contribution in [3.8, 4) is 6.07 Å². The molecule has 0 amide bonds. The van der Waals surface area contributed by atoms with Crippen LogP contribution in [0.1, 0.15) is 5.56 Å². The molecule has 0 aliphatic heterocycles. The van der Waals surface area contributed by atoms with Gasteiger partial charge >= 0.3 is 0 Å². The lowest BCUT2D eigenvalue weighted by Gasteiger charge is -2.22. The highest BCUT2D eigenvalue weighted by Crippen LogP contribution is 2.25. The number of halogens is 1. The molecule has 0 saturated carbocycles.